The third-order valence-corrected chi connectivity index (χ3v) is 11.2. The van der Waals surface area contributed by atoms with E-state index < -0.39 is 0 Å². The third kappa shape index (κ3) is 4.44. The van der Waals surface area contributed by atoms with E-state index >= 15 is 0 Å². The number of benzene rings is 8. The Balaban J connectivity index is 1.07. The highest BCUT2D eigenvalue weighted by atomic mass is 16.3. The van der Waals surface area contributed by atoms with Crippen molar-refractivity contribution in [3.8, 4) is 39.6 Å². The first-order chi connectivity index (χ1) is 27.8. The fourth-order valence-corrected chi connectivity index (χ4v) is 8.75. The molecule has 0 saturated carbocycles. The fourth-order valence-electron chi connectivity index (χ4n) is 8.75. The number of nitrogens with zero attached hydrogens (tertiary/aromatic N) is 5. The average Bonchev–Trinajstić information content (AvgIpc) is 4.04. The van der Waals surface area contributed by atoms with Gasteiger partial charge in [0.2, 0.25) is 0 Å². The molecule has 0 amide bonds. The van der Waals surface area contributed by atoms with Gasteiger partial charge in [0.25, 0.3) is 0 Å². The molecule has 0 aliphatic rings. The summed E-state index contributed by atoms with van der Waals surface area (Å²) in [6, 6.07) is 66.2. The minimum absolute atomic E-state index is 0.848. The lowest BCUT2D eigenvalue weighted by Gasteiger charge is -2.13. The van der Waals surface area contributed by atoms with Gasteiger partial charge in [0, 0.05) is 54.8 Å². The molecule has 4 aromatic heterocycles. The van der Waals surface area contributed by atoms with Crippen LogP contribution in [0.4, 0.5) is 0 Å². The molecule has 0 N–H and O–H groups in total. The molecule has 4 heterocycles. The number of hydrogen-bond donors (Lipinski definition) is 0. The second-order valence-corrected chi connectivity index (χ2v) is 14.3. The predicted octanol–water partition coefficient (Wildman–Crippen LogP) is 12.7. The summed E-state index contributed by atoms with van der Waals surface area (Å²) in [5.74, 6) is 0. The molecule has 0 aliphatic carbocycles. The first-order valence-corrected chi connectivity index (χ1v) is 18.8. The summed E-state index contributed by atoms with van der Waals surface area (Å²) < 4.78 is 13.4. The van der Waals surface area contributed by atoms with Crippen molar-refractivity contribution in [2.24, 2.45) is 0 Å². The molecule has 56 heavy (non-hydrogen) atoms. The monoisotopic (exact) mass is 717 g/mol. The summed E-state index contributed by atoms with van der Waals surface area (Å²) in [6.07, 6.45) is 0. The standard InChI is InChI=1S/C50H31N5O/c1-3-14-32(15-4-1)47-48(33-16-5-2-6-17-33)55(52-51-47)36-26-29-45-42(31-36)38-21-8-10-23-43(38)53(45)34-18-13-19-35(30-34)54-44-24-11-7-20-37(44)40-27-28-41-39-22-9-12-25-46(39)56-50(41)49(40)54/h1-31H. The molecule has 8 aromatic carbocycles. The smallest absolute Gasteiger partial charge is 0.160 e. The Kier molecular flexibility index (Phi) is 6.53. The Hall–Kier alpha value is -7.70. The maximum Gasteiger partial charge on any atom is 0.160 e. The van der Waals surface area contributed by atoms with Crippen LogP contribution in [0.15, 0.2) is 192 Å². The summed E-state index contributed by atoms with van der Waals surface area (Å²) in [5.41, 5.74) is 13.2. The van der Waals surface area contributed by atoms with Crippen molar-refractivity contribution >= 4 is 65.6 Å². The van der Waals surface area contributed by atoms with Gasteiger partial charge in [-0.05, 0) is 60.7 Å². The second kappa shape index (κ2) is 11.9. The molecular formula is C50H31N5O. The van der Waals surface area contributed by atoms with Gasteiger partial charge in [-0.15, -0.1) is 5.10 Å². The van der Waals surface area contributed by atoms with Crippen LogP contribution in [-0.2, 0) is 0 Å². The molecule has 262 valence electrons. The number of hydrogen-bond acceptors (Lipinski definition) is 3. The second-order valence-electron chi connectivity index (χ2n) is 14.3. The van der Waals surface area contributed by atoms with E-state index in [-0.39, 0.29) is 0 Å². The zero-order valence-electron chi connectivity index (χ0n) is 30.0. The maximum absolute atomic E-state index is 6.65. The number of rotatable bonds is 5. The fraction of sp³-hybridized carbons (Fsp3) is 0. The van der Waals surface area contributed by atoms with E-state index in [1.54, 1.807) is 0 Å². The van der Waals surface area contributed by atoms with Crippen LogP contribution in [0.5, 0.6) is 0 Å². The van der Waals surface area contributed by atoms with Gasteiger partial charge in [0.05, 0.1) is 27.8 Å². The molecule has 0 bridgehead atoms. The number of fused-ring (bicyclic) bond motifs is 10. The van der Waals surface area contributed by atoms with Crippen LogP contribution >= 0.6 is 0 Å². The highest BCUT2D eigenvalue weighted by molar-refractivity contribution is 6.21. The van der Waals surface area contributed by atoms with E-state index in [9.17, 15) is 0 Å². The van der Waals surface area contributed by atoms with Gasteiger partial charge in [-0.1, -0.05) is 133 Å². The zero-order chi connectivity index (χ0) is 36.7. The van der Waals surface area contributed by atoms with Crippen molar-refractivity contribution in [1.82, 2.24) is 24.1 Å². The molecule has 6 heteroatoms. The van der Waals surface area contributed by atoms with Crippen molar-refractivity contribution in [2.75, 3.05) is 0 Å². The van der Waals surface area contributed by atoms with Crippen molar-refractivity contribution < 1.29 is 4.42 Å². The molecule has 12 rings (SSSR count). The van der Waals surface area contributed by atoms with Gasteiger partial charge < -0.3 is 13.6 Å². The van der Waals surface area contributed by atoms with Crippen LogP contribution < -0.4 is 0 Å². The van der Waals surface area contributed by atoms with Gasteiger partial charge in [0.1, 0.15) is 17.0 Å². The third-order valence-electron chi connectivity index (χ3n) is 11.2. The van der Waals surface area contributed by atoms with E-state index in [0.717, 1.165) is 89.0 Å². The Morgan fingerprint density at radius 3 is 1.79 bits per heavy atom. The summed E-state index contributed by atoms with van der Waals surface area (Å²) in [5, 5.41) is 16.4. The Bertz CT molecular complexity index is 3480. The van der Waals surface area contributed by atoms with E-state index in [4.69, 9.17) is 14.7 Å². The van der Waals surface area contributed by atoms with Crippen LogP contribution in [0.2, 0.25) is 0 Å². The summed E-state index contributed by atoms with van der Waals surface area (Å²) in [6.45, 7) is 0. The van der Waals surface area contributed by atoms with Crippen molar-refractivity contribution in [3.05, 3.63) is 188 Å². The number of furan rings is 1. The summed E-state index contributed by atoms with van der Waals surface area (Å²) in [7, 11) is 0. The Labute approximate surface area is 320 Å². The van der Waals surface area contributed by atoms with Gasteiger partial charge in [-0.25, -0.2) is 4.68 Å². The van der Waals surface area contributed by atoms with Gasteiger partial charge in [-0.3, -0.25) is 0 Å². The highest BCUT2D eigenvalue weighted by Crippen LogP contribution is 2.41. The molecule has 0 fully saturated rings. The largest absolute Gasteiger partial charge is 0.454 e. The summed E-state index contributed by atoms with van der Waals surface area (Å²) in [4.78, 5) is 0. The van der Waals surface area contributed by atoms with Gasteiger partial charge >= 0.3 is 0 Å². The lowest BCUT2D eigenvalue weighted by molar-refractivity contribution is 0.671. The molecule has 0 saturated heterocycles. The minimum atomic E-state index is 0.848. The topological polar surface area (TPSA) is 53.7 Å². The Morgan fingerprint density at radius 2 is 1.00 bits per heavy atom. The normalized spacial score (nSPS) is 11.9. The van der Waals surface area contributed by atoms with Crippen molar-refractivity contribution in [3.63, 3.8) is 0 Å². The number of para-hydroxylation sites is 3. The van der Waals surface area contributed by atoms with E-state index in [2.05, 4.69) is 167 Å². The molecule has 6 nitrogen and oxygen atoms in total. The zero-order valence-corrected chi connectivity index (χ0v) is 30.0. The van der Waals surface area contributed by atoms with E-state index in [1.165, 1.54) is 16.2 Å². The molecule has 0 unspecified atom stereocenters. The van der Waals surface area contributed by atoms with Crippen molar-refractivity contribution in [1.29, 1.82) is 0 Å². The lowest BCUT2D eigenvalue weighted by atomic mass is 10.0. The molecule has 12 aromatic rings. The molecular weight excluding hydrogens is 687 g/mol. The van der Waals surface area contributed by atoms with Gasteiger partial charge in [0.15, 0.2) is 5.58 Å². The van der Waals surface area contributed by atoms with Gasteiger partial charge in [-0.2, -0.15) is 0 Å². The molecule has 0 spiro atoms. The predicted molar refractivity (Wildman–Crippen MR) is 228 cm³/mol. The van der Waals surface area contributed by atoms with Crippen LogP contribution in [0.25, 0.3) is 105 Å². The molecule has 0 radical (unpaired) electrons. The summed E-state index contributed by atoms with van der Waals surface area (Å²) >= 11 is 0. The first-order valence-electron chi connectivity index (χ1n) is 18.8. The quantitative estimate of drug-likeness (QED) is 0.178. The van der Waals surface area contributed by atoms with Crippen LogP contribution in [0, 0.1) is 0 Å². The first kappa shape index (κ1) is 30.7. The Morgan fingerprint density at radius 1 is 0.393 bits per heavy atom. The SMILES string of the molecule is c1ccc(-c2nnn(-c3ccc4c(c3)c3ccccc3n4-c3cccc(-n4c5ccccc5c5ccc6c7ccccc7oc6c54)c3)c2-c2ccccc2)cc1. The lowest BCUT2D eigenvalue weighted by Crippen LogP contribution is -2.00. The highest BCUT2D eigenvalue weighted by Gasteiger charge is 2.22. The molecule has 0 atom stereocenters. The van der Waals surface area contributed by atoms with Crippen LogP contribution in [-0.4, -0.2) is 24.1 Å². The molecule has 0 aliphatic heterocycles. The number of aromatic nitrogens is 5. The maximum atomic E-state index is 6.65. The van der Waals surface area contributed by atoms with Crippen LogP contribution in [0.3, 0.4) is 0 Å². The van der Waals surface area contributed by atoms with E-state index in [1.807, 2.05) is 35.0 Å². The average molecular weight is 718 g/mol. The minimum Gasteiger partial charge on any atom is -0.454 e. The van der Waals surface area contributed by atoms with Crippen LogP contribution in [0.1, 0.15) is 0 Å². The van der Waals surface area contributed by atoms with E-state index in [0.29, 0.717) is 0 Å². The van der Waals surface area contributed by atoms with Crippen molar-refractivity contribution in [2.45, 2.75) is 0 Å².